The van der Waals surface area contributed by atoms with E-state index >= 15 is 0 Å². The Labute approximate surface area is 128 Å². The highest BCUT2D eigenvalue weighted by atomic mass is 32.1. The molecule has 3 rings (SSSR count). The van der Waals surface area contributed by atoms with Crippen LogP contribution in [0.25, 0.3) is 0 Å². The van der Waals surface area contributed by atoms with Crippen LogP contribution in [-0.4, -0.2) is 40.3 Å². The van der Waals surface area contributed by atoms with Gasteiger partial charge in [0.05, 0.1) is 24.1 Å². The van der Waals surface area contributed by atoms with Gasteiger partial charge in [0, 0.05) is 43.6 Å². The van der Waals surface area contributed by atoms with E-state index < -0.39 is 0 Å². The Morgan fingerprint density at radius 2 is 2.43 bits per heavy atom. The molecular weight excluding hydrogens is 286 g/mol. The summed E-state index contributed by atoms with van der Waals surface area (Å²) in [5.41, 5.74) is 3.08. The number of aromatic nitrogens is 2. The zero-order chi connectivity index (χ0) is 14.8. The maximum Gasteiger partial charge on any atom is 0.255 e. The second-order valence-corrected chi connectivity index (χ2v) is 6.01. The summed E-state index contributed by atoms with van der Waals surface area (Å²) in [5, 5.41) is 8.17. The predicted octanol–water partition coefficient (Wildman–Crippen LogP) is 2.26. The van der Waals surface area contributed by atoms with E-state index in [0.717, 1.165) is 11.1 Å². The molecule has 6 heteroatoms. The highest BCUT2D eigenvalue weighted by molar-refractivity contribution is 7.08. The van der Waals surface area contributed by atoms with Crippen LogP contribution in [0.2, 0.25) is 0 Å². The lowest BCUT2D eigenvalue weighted by Crippen LogP contribution is -2.39. The van der Waals surface area contributed by atoms with Crippen LogP contribution in [0.1, 0.15) is 34.5 Å². The van der Waals surface area contributed by atoms with Crippen molar-refractivity contribution >= 4 is 17.2 Å². The van der Waals surface area contributed by atoms with Crippen molar-refractivity contribution in [2.75, 3.05) is 19.8 Å². The molecule has 0 saturated carbocycles. The van der Waals surface area contributed by atoms with Crippen molar-refractivity contribution in [1.29, 1.82) is 0 Å². The molecule has 0 aliphatic carbocycles. The lowest BCUT2D eigenvalue weighted by molar-refractivity contribution is 0.0648. The molecule has 2 aromatic heterocycles. The number of rotatable bonds is 4. The fraction of sp³-hybridized carbons (Fsp3) is 0.467. The van der Waals surface area contributed by atoms with Crippen molar-refractivity contribution in [2.24, 2.45) is 7.05 Å². The average molecular weight is 305 g/mol. The Hall–Kier alpha value is -1.66. The standard InChI is InChI=1S/C15H19N3O2S/c1-3-20-9-13-8-18(15(19)11-4-5-21-10-11)7-12-6-16-17(2)14(12)13/h4-6,10,13H,3,7-9H2,1-2H3/t13-/m0/s1. The van der Waals surface area contributed by atoms with Crippen LogP contribution in [0.4, 0.5) is 0 Å². The minimum absolute atomic E-state index is 0.0900. The predicted molar refractivity (Wildman–Crippen MR) is 81.5 cm³/mol. The molecule has 2 aromatic rings. The van der Waals surface area contributed by atoms with E-state index in [-0.39, 0.29) is 11.8 Å². The minimum atomic E-state index is 0.0900. The van der Waals surface area contributed by atoms with E-state index in [1.54, 1.807) is 11.3 Å². The molecule has 0 fully saturated rings. The zero-order valence-corrected chi connectivity index (χ0v) is 13.1. The van der Waals surface area contributed by atoms with Gasteiger partial charge in [0.15, 0.2) is 0 Å². The van der Waals surface area contributed by atoms with Gasteiger partial charge in [0.2, 0.25) is 0 Å². The molecule has 0 unspecified atom stereocenters. The Bertz CT molecular complexity index is 621. The first-order chi connectivity index (χ1) is 10.2. The third-order valence-electron chi connectivity index (χ3n) is 3.83. The van der Waals surface area contributed by atoms with E-state index in [1.807, 2.05) is 46.6 Å². The molecule has 0 saturated heterocycles. The van der Waals surface area contributed by atoms with Crippen LogP contribution in [0.3, 0.4) is 0 Å². The number of fused-ring (bicyclic) bond motifs is 1. The first-order valence-corrected chi connectivity index (χ1v) is 8.05. The monoisotopic (exact) mass is 305 g/mol. The van der Waals surface area contributed by atoms with E-state index in [9.17, 15) is 4.79 Å². The number of aryl methyl sites for hydroxylation is 1. The molecular formula is C15H19N3O2S. The smallest absolute Gasteiger partial charge is 0.255 e. The summed E-state index contributed by atoms with van der Waals surface area (Å²) in [6, 6.07) is 1.88. The van der Waals surface area contributed by atoms with E-state index in [1.165, 1.54) is 5.69 Å². The highest BCUT2D eigenvalue weighted by Crippen LogP contribution is 2.29. The SMILES string of the molecule is CCOC[C@@H]1CN(C(=O)c2ccsc2)Cc2cnn(C)c21. The summed E-state index contributed by atoms with van der Waals surface area (Å²) in [6.45, 7) is 4.60. The second-order valence-electron chi connectivity index (χ2n) is 5.23. The lowest BCUT2D eigenvalue weighted by atomic mass is 9.96. The summed E-state index contributed by atoms with van der Waals surface area (Å²) in [6.07, 6.45) is 1.86. The molecule has 5 nitrogen and oxygen atoms in total. The number of thiophene rings is 1. The van der Waals surface area contributed by atoms with Gasteiger partial charge in [-0.1, -0.05) is 0 Å². The first-order valence-electron chi connectivity index (χ1n) is 7.10. The maximum atomic E-state index is 12.6. The Morgan fingerprint density at radius 1 is 1.57 bits per heavy atom. The molecule has 0 N–H and O–H groups in total. The molecule has 1 aliphatic rings. The molecule has 0 aromatic carbocycles. The van der Waals surface area contributed by atoms with Gasteiger partial charge in [-0.05, 0) is 18.4 Å². The van der Waals surface area contributed by atoms with Crippen molar-refractivity contribution in [3.63, 3.8) is 0 Å². The summed E-state index contributed by atoms with van der Waals surface area (Å²) < 4.78 is 7.50. The van der Waals surface area contributed by atoms with Crippen LogP contribution in [-0.2, 0) is 18.3 Å². The van der Waals surface area contributed by atoms with Gasteiger partial charge in [0.25, 0.3) is 5.91 Å². The molecule has 0 radical (unpaired) electrons. The number of carbonyl (C=O) groups is 1. The van der Waals surface area contributed by atoms with E-state index in [0.29, 0.717) is 26.3 Å². The zero-order valence-electron chi connectivity index (χ0n) is 12.3. The summed E-state index contributed by atoms with van der Waals surface area (Å²) in [4.78, 5) is 14.5. The molecule has 3 heterocycles. The number of nitrogens with zero attached hydrogens (tertiary/aromatic N) is 3. The third-order valence-corrected chi connectivity index (χ3v) is 4.51. The van der Waals surface area contributed by atoms with Crippen molar-refractivity contribution < 1.29 is 9.53 Å². The van der Waals surface area contributed by atoms with Gasteiger partial charge in [-0.3, -0.25) is 9.48 Å². The van der Waals surface area contributed by atoms with Crippen LogP contribution >= 0.6 is 11.3 Å². The van der Waals surface area contributed by atoms with Crippen LogP contribution in [0.5, 0.6) is 0 Å². The largest absolute Gasteiger partial charge is 0.381 e. The molecule has 1 atom stereocenters. The van der Waals surface area contributed by atoms with Gasteiger partial charge in [0.1, 0.15) is 0 Å². The van der Waals surface area contributed by atoms with Crippen LogP contribution < -0.4 is 0 Å². The number of carbonyl (C=O) groups excluding carboxylic acids is 1. The third kappa shape index (κ3) is 2.73. The first kappa shape index (κ1) is 14.3. The average Bonchev–Trinajstić information content (AvgIpc) is 3.14. The van der Waals surface area contributed by atoms with Crippen molar-refractivity contribution in [2.45, 2.75) is 19.4 Å². The van der Waals surface area contributed by atoms with Gasteiger partial charge >= 0.3 is 0 Å². The quantitative estimate of drug-likeness (QED) is 0.870. The number of amides is 1. The van der Waals surface area contributed by atoms with Crippen LogP contribution in [0, 0.1) is 0 Å². The summed E-state index contributed by atoms with van der Waals surface area (Å²) in [5.74, 6) is 0.274. The molecule has 0 spiro atoms. The van der Waals surface area contributed by atoms with Gasteiger partial charge in [-0.15, -0.1) is 0 Å². The summed E-state index contributed by atoms with van der Waals surface area (Å²) >= 11 is 1.55. The highest BCUT2D eigenvalue weighted by Gasteiger charge is 2.31. The lowest BCUT2D eigenvalue weighted by Gasteiger charge is -2.33. The van der Waals surface area contributed by atoms with Gasteiger partial charge in [-0.2, -0.15) is 16.4 Å². The molecule has 1 amide bonds. The minimum Gasteiger partial charge on any atom is -0.381 e. The molecule has 1 aliphatic heterocycles. The Balaban J connectivity index is 1.85. The van der Waals surface area contributed by atoms with Crippen molar-refractivity contribution in [3.05, 3.63) is 39.8 Å². The number of hydrogen-bond acceptors (Lipinski definition) is 4. The van der Waals surface area contributed by atoms with E-state index in [2.05, 4.69) is 5.10 Å². The maximum absolute atomic E-state index is 12.6. The fourth-order valence-corrected chi connectivity index (χ4v) is 3.51. The molecule has 0 bridgehead atoms. The second kappa shape index (κ2) is 5.99. The van der Waals surface area contributed by atoms with Gasteiger partial charge < -0.3 is 9.64 Å². The molecule has 112 valence electrons. The topological polar surface area (TPSA) is 47.4 Å². The van der Waals surface area contributed by atoms with Crippen LogP contribution in [0.15, 0.2) is 23.0 Å². The summed E-state index contributed by atoms with van der Waals surface area (Å²) in [7, 11) is 1.95. The number of hydrogen-bond donors (Lipinski definition) is 0. The molecule has 21 heavy (non-hydrogen) atoms. The Kier molecular flexibility index (Phi) is 4.07. The Morgan fingerprint density at radius 3 is 3.14 bits per heavy atom. The van der Waals surface area contributed by atoms with E-state index in [4.69, 9.17) is 4.74 Å². The van der Waals surface area contributed by atoms with Crippen molar-refractivity contribution in [3.8, 4) is 0 Å². The fourth-order valence-electron chi connectivity index (χ4n) is 2.88. The number of ether oxygens (including phenoxy) is 1. The van der Waals surface area contributed by atoms with Crippen molar-refractivity contribution in [1.82, 2.24) is 14.7 Å². The van der Waals surface area contributed by atoms with Gasteiger partial charge in [-0.25, -0.2) is 0 Å². The normalized spacial score (nSPS) is 17.8.